The van der Waals surface area contributed by atoms with Gasteiger partial charge < -0.3 is 4.74 Å². The molecule has 3 aromatic rings. The molecule has 0 aliphatic carbocycles. The number of pyridine rings is 1. The summed E-state index contributed by atoms with van der Waals surface area (Å²) in [6, 6.07) is 17.0. The summed E-state index contributed by atoms with van der Waals surface area (Å²) in [4.78, 5) is 16.3. The van der Waals surface area contributed by atoms with Crippen LogP contribution >= 0.6 is 11.6 Å². The van der Waals surface area contributed by atoms with Crippen LogP contribution in [0.25, 0.3) is 10.9 Å². The highest BCUT2D eigenvalue weighted by Gasteiger charge is 2.06. The molecule has 0 unspecified atom stereocenters. The Morgan fingerprint density at radius 2 is 2.00 bits per heavy atom. The molecule has 0 aliphatic heterocycles. The van der Waals surface area contributed by atoms with Gasteiger partial charge in [-0.15, -0.1) is 6.58 Å². The molecule has 5 nitrogen and oxygen atoms in total. The highest BCUT2D eigenvalue weighted by Crippen LogP contribution is 2.19. The van der Waals surface area contributed by atoms with Crippen molar-refractivity contribution in [1.29, 1.82) is 0 Å². The molecule has 0 saturated heterocycles. The van der Waals surface area contributed by atoms with Gasteiger partial charge >= 0.3 is 0 Å². The van der Waals surface area contributed by atoms with Crippen molar-refractivity contribution in [2.75, 3.05) is 6.61 Å². The first kappa shape index (κ1) is 18.6. The maximum atomic E-state index is 12.0. The Labute approximate surface area is 162 Å². The molecule has 0 bridgehead atoms. The van der Waals surface area contributed by atoms with Crippen LogP contribution in [-0.4, -0.2) is 23.7 Å². The van der Waals surface area contributed by atoms with Crippen LogP contribution < -0.4 is 10.2 Å². The van der Waals surface area contributed by atoms with Crippen molar-refractivity contribution in [3.8, 4) is 5.75 Å². The standard InChI is InChI=1S/C21H18ClN3O2/c1-2-7-15-8-4-6-11-19(15)27-14-20(26)25-23-13-17-12-16-9-3-5-10-18(16)24-21(17)22/h2-6,8-13H,1,7,14H2,(H,25,26)/b23-13+. The van der Waals surface area contributed by atoms with Gasteiger partial charge in [0, 0.05) is 10.9 Å². The number of carbonyl (C=O) groups excluding carboxylic acids is 1. The molecule has 0 radical (unpaired) electrons. The average molecular weight is 380 g/mol. The molecular formula is C21H18ClN3O2. The minimum Gasteiger partial charge on any atom is -0.483 e. The van der Waals surface area contributed by atoms with Gasteiger partial charge in [-0.2, -0.15) is 5.10 Å². The first-order valence-corrected chi connectivity index (χ1v) is 8.74. The molecule has 0 spiro atoms. The van der Waals surface area contributed by atoms with Crippen LogP contribution in [0.2, 0.25) is 5.15 Å². The molecule has 6 heteroatoms. The Kier molecular flexibility index (Phi) is 6.18. The summed E-state index contributed by atoms with van der Waals surface area (Å²) >= 11 is 6.16. The quantitative estimate of drug-likeness (QED) is 0.290. The number of rotatable bonds is 7. The van der Waals surface area contributed by atoms with E-state index in [4.69, 9.17) is 16.3 Å². The second-order valence-electron chi connectivity index (χ2n) is 5.74. The summed E-state index contributed by atoms with van der Waals surface area (Å²) in [5.41, 5.74) is 4.82. The molecule has 0 aliphatic rings. The number of halogens is 1. The van der Waals surface area contributed by atoms with E-state index in [1.54, 1.807) is 6.08 Å². The number of carbonyl (C=O) groups is 1. The summed E-state index contributed by atoms with van der Waals surface area (Å²) in [7, 11) is 0. The first-order valence-electron chi connectivity index (χ1n) is 8.36. The van der Waals surface area contributed by atoms with E-state index >= 15 is 0 Å². The summed E-state index contributed by atoms with van der Waals surface area (Å²) < 4.78 is 5.56. The molecule has 1 N–H and O–H groups in total. The van der Waals surface area contributed by atoms with Gasteiger partial charge in [0.25, 0.3) is 5.91 Å². The molecule has 1 amide bonds. The molecule has 0 atom stereocenters. The van der Waals surface area contributed by atoms with Crippen molar-refractivity contribution in [3.63, 3.8) is 0 Å². The van der Waals surface area contributed by atoms with E-state index in [2.05, 4.69) is 22.1 Å². The van der Waals surface area contributed by atoms with Gasteiger partial charge in [-0.05, 0) is 30.2 Å². The Bertz CT molecular complexity index is 1000. The number of hydrogen-bond donors (Lipinski definition) is 1. The SMILES string of the molecule is C=CCc1ccccc1OCC(=O)N/N=C/c1cc2ccccc2nc1Cl. The molecule has 1 heterocycles. The third-order valence-electron chi connectivity index (χ3n) is 3.79. The molecule has 0 saturated carbocycles. The number of hydrazone groups is 1. The van der Waals surface area contributed by atoms with E-state index in [0.29, 0.717) is 22.9 Å². The highest BCUT2D eigenvalue weighted by atomic mass is 35.5. The summed E-state index contributed by atoms with van der Waals surface area (Å²) in [6.45, 7) is 3.57. The fourth-order valence-electron chi connectivity index (χ4n) is 2.52. The normalized spacial score (nSPS) is 10.9. The maximum absolute atomic E-state index is 12.0. The number of hydrogen-bond acceptors (Lipinski definition) is 4. The van der Waals surface area contributed by atoms with Crippen LogP contribution in [0.15, 0.2) is 72.4 Å². The predicted molar refractivity (Wildman–Crippen MR) is 108 cm³/mol. The first-order chi connectivity index (χ1) is 13.2. The van der Waals surface area contributed by atoms with Crippen LogP contribution in [-0.2, 0) is 11.2 Å². The third-order valence-corrected chi connectivity index (χ3v) is 4.10. The molecule has 2 aromatic carbocycles. The number of fused-ring (bicyclic) bond motifs is 1. The minimum atomic E-state index is -0.371. The third kappa shape index (κ3) is 4.92. The van der Waals surface area contributed by atoms with Crippen LogP contribution in [0.3, 0.4) is 0 Å². The second-order valence-corrected chi connectivity index (χ2v) is 6.10. The summed E-state index contributed by atoms with van der Waals surface area (Å²) in [5, 5.41) is 5.20. The second kappa shape index (κ2) is 8.96. The van der Waals surface area contributed by atoms with Crippen LogP contribution in [0, 0.1) is 0 Å². The van der Waals surface area contributed by atoms with Crippen molar-refractivity contribution in [2.24, 2.45) is 5.10 Å². The lowest BCUT2D eigenvalue weighted by Gasteiger charge is -2.09. The van der Waals surface area contributed by atoms with E-state index in [0.717, 1.165) is 16.5 Å². The van der Waals surface area contributed by atoms with E-state index in [-0.39, 0.29) is 12.5 Å². The predicted octanol–water partition coefficient (Wildman–Crippen LogP) is 4.15. The average Bonchev–Trinajstić information content (AvgIpc) is 2.68. The van der Waals surface area contributed by atoms with E-state index in [1.807, 2.05) is 54.6 Å². The molecular weight excluding hydrogens is 362 g/mol. The highest BCUT2D eigenvalue weighted by molar-refractivity contribution is 6.32. The number of nitrogens with zero attached hydrogens (tertiary/aromatic N) is 2. The number of ether oxygens (including phenoxy) is 1. The Morgan fingerprint density at radius 1 is 1.22 bits per heavy atom. The molecule has 27 heavy (non-hydrogen) atoms. The van der Waals surface area contributed by atoms with Crippen molar-refractivity contribution < 1.29 is 9.53 Å². The number of nitrogens with one attached hydrogen (secondary N) is 1. The number of para-hydroxylation sites is 2. The van der Waals surface area contributed by atoms with Crippen molar-refractivity contribution >= 4 is 34.6 Å². The molecule has 3 rings (SSSR count). The van der Waals surface area contributed by atoms with Crippen molar-refractivity contribution in [2.45, 2.75) is 6.42 Å². The van der Waals surface area contributed by atoms with E-state index in [1.165, 1.54) is 6.21 Å². The van der Waals surface area contributed by atoms with Gasteiger partial charge in [0.05, 0.1) is 11.7 Å². The van der Waals surface area contributed by atoms with E-state index in [9.17, 15) is 4.79 Å². The van der Waals surface area contributed by atoms with Gasteiger partial charge in [0.2, 0.25) is 0 Å². The van der Waals surface area contributed by atoms with Gasteiger partial charge in [0.1, 0.15) is 10.9 Å². The topological polar surface area (TPSA) is 63.6 Å². The molecule has 1 aromatic heterocycles. The number of allylic oxidation sites excluding steroid dienone is 1. The van der Waals surface area contributed by atoms with Crippen molar-refractivity contribution in [1.82, 2.24) is 10.4 Å². The summed E-state index contributed by atoms with van der Waals surface area (Å²) in [6.07, 6.45) is 3.92. The van der Waals surface area contributed by atoms with Gasteiger partial charge in [-0.3, -0.25) is 4.79 Å². The lowest BCUT2D eigenvalue weighted by molar-refractivity contribution is -0.123. The van der Waals surface area contributed by atoms with Gasteiger partial charge in [-0.25, -0.2) is 10.4 Å². The lowest BCUT2D eigenvalue weighted by atomic mass is 10.1. The zero-order chi connectivity index (χ0) is 19.1. The number of amides is 1. The van der Waals surface area contributed by atoms with Crippen LogP contribution in [0.4, 0.5) is 0 Å². The van der Waals surface area contributed by atoms with Gasteiger partial charge in [0.15, 0.2) is 6.61 Å². The molecule has 0 fully saturated rings. The Morgan fingerprint density at radius 3 is 2.85 bits per heavy atom. The van der Waals surface area contributed by atoms with Crippen LogP contribution in [0.5, 0.6) is 5.75 Å². The smallest absolute Gasteiger partial charge is 0.277 e. The largest absolute Gasteiger partial charge is 0.483 e. The zero-order valence-electron chi connectivity index (χ0n) is 14.6. The van der Waals surface area contributed by atoms with Gasteiger partial charge in [-0.1, -0.05) is 54.1 Å². The monoisotopic (exact) mass is 379 g/mol. The lowest BCUT2D eigenvalue weighted by Crippen LogP contribution is -2.24. The fourth-order valence-corrected chi connectivity index (χ4v) is 2.71. The fraction of sp³-hybridized carbons (Fsp3) is 0.0952. The Balaban J connectivity index is 1.59. The number of aromatic nitrogens is 1. The van der Waals surface area contributed by atoms with E-state index < -0.39 is 0 Å². The minimum absolute atomic E-state index is 0.144. The zero-order valence-corrected chi connectivity index (χ0v) is 15.3. The maximum Gasteiger partial charge on any atom is 0.277 e. The molecule has 136 valence electrons. The number of benzene rings is 2. The van der Waals surface area contributed by atoms with Crippen molar-refractivity contribution in [3.05, 3.63) is 83.5 Å². The Hall–Kier alpha value is -3.18. The van der Waals surface area contributed by atoms with Crippen LogP contribution in [0.1, 0.15) is 11.1 Å². The summed E-state index contributed by atoms with van der Waals surface area (Å²) in [5.74, 6) is 0.280.